The normalized spacial score (nSPS) is 18.6. The second-order valence-electron chi connectivity index (χ2n) is 7.37. The highest BCUT2D eigenvalue weighted by Gasteiger charge is 2.32. The predicted molar refractivity (Wildman–Crippen MR) is 112 cm³/mol. The number of amides is 1. The summed E-state index contributed by atoms with van der Waals surface area (Å²) in [5.74, 6) is 0.986. The van der Waals surface area contributed by atoms with Crippen molar-refractivity contribution in [2.75, 3.05) is 18.0 Å². The van der Waals surface area contributed by atoms with Crippen LogP contribution in [0.5, 0.6) is 0 Å². The molecule has 0 saturated carbocycles. The number of aromatic nitrogens is 4. The summed E-state index contributed by atoms with van der Waals surface area (Å²) in [6.45, 7) is 1.99. The highest BCUT2D eigenvalue weighted by Crippen LogP contribution is 2.30. The third-order valence-electron chi connectivity index (χ3n) is 5.42. The van der Waals surface area contributed by atoms with Crippen LogP contribution in [0.2, 0.25) is 0 Å². The van der Waals surface area contributed by atoms with E-state index in [1.807, 2.05) is 30.3 Å². The molecule has 3 heterocycles. The number of hydrogen-bond acceptors (Lipinski definition) is 6. The number of pyridine rings is 1. The maximum absolute atomic E-state index is 12.7. The first-order valence-electron chi connectivity index (χ1n) is 10.0. The SMILES string of the molecule is N#Cc1cccc(N2CC[C@@H](c3ccccc3)[C@@H](NC(=O)CCn3cnnc3)C2)n1. The van der Waals surface area contributed by atoms with E-state index in [1.54, 1.807) is 23.3 Å². The lowest BCUT2D eigenvalue weighted by Crippen LogP contribution is -2.52. The van der Waals surface area contributed by atoms with E-state index in [9.17, 15) is 4.79 Å². The molecule has 0 bridgehead atoms. The summed E-state index contributed by atoms with van der Waals surface area (Å²) < 4.78 is 1.79. The van der Waals surface area contributed by atoms with Gasteiger partial charge in [0.25, 0.3) is 0 Å². The van der Waals surface area contributed by atoms with Gasteiger partial charge in [0.1, 0.15) is 30.2 Å². The number of carbonyl (C=O) groups excluding carboxylic acids is 1. The lowest BCUT2D eigenvalue weighted by Gasteiger charge is -2.40. The van der Waals surface area contributed by atoms with E-state index in [0.717, 1.165) is 18.8 Å². The van der Waals surface area contributed by atoms with E-state index in [4.69, 9.17) is 5.26 Å². The molecule has 8 heteroatoms. The smallest absolute Gasteiger partial charge is 0.222 e. The van der Waals surface area contributed by atoms with Crippen LogP contribution in [0.25, 0.3) is 0 Å². The van der Waals surface area contributed by atoms with E-state index in [0.29, 0.717) is 25.2 Å². The Hall–Kier alpha value is -3.73. The predicted octanol–water partition coefficient (Wildman–Crippen LogP) is 2.11. The standard InChI is InChI=1S/C22H23N7O/c23-13-18-7-4-8-21(26-18)29-12-9-19(17-5-2-1-3-6-17)20(14-29)27-22(30)10-11-28-15-24-25-16-28/h1-8,15-16,19-20H,9-12,14H2,(H,27,30)/t19-,20-/m0/s1. The van der Waals surface area contributed by atoms with Crippen molar-refractivity contribution in [2.45, 2.75) is 31.3 Å². The van der Waals surface area contributed by atoms with Gasteiger partial charge in [-0.3, -0.25) is 4.79 Å². The van der Waals surface area contributed by atoms with Gasteiger partial charge < -0.3 is 14.8 Å². The molecule has 30 heavy (non-hydrogen) atoms. The number of hydrogen-bond donors (Lipinski definition) is 1. The summed E-state index contributed by atoms with van der Waals surface area (Å²) in [6, 6.07) is 17.8. The van der Waals surface area contributed by atoms with Gasteiger partial charge >= 0.3 is 0 Å². The second-order valence-corrected chi connectivity index (χ2v) is 7.37. The van der Waals surface area contributed by atoms with Gasteiger partial charge in [0.05, 0.1) is 6.04 Å². The third-order valence-corrected chi connectivity index (χ3v) is 5.42. The molecule has 0 spiro atoms. The van der Waals surface area contributed by atoms with Gasteiger partial charge in [-0.15, -0.1) is 10.2 Å². The molecule has 152 valence electrons. The summed E-state index contributed by atoms with van der Waals surface area (Å²) in [5, 5.41) is 19.9. The Kier molecular flexibility index (Phi) is 5.99. The van der Waals surface area contributed by atoms with Crippen molar-refractivity contribution >= 4 is 11.7 Å². The highest BCUT2D eigenvalue weighted by atomic mass is 16.1. The maximum Gasteiger partial charge on any atom is 0.222 e. The maximum atomic E-state index is 12.7. The van der Waals surface area contributed by atoms with Gasteiger partial charge in [-0.05, 0) is 24.1 Å². The molecule has 1 N–H and O–H groups in total. The van der Waals surface area contributed by atoms with Crippen LogP contribution in [0, 0.1) is 11.3 Å². The van der Waals surface area contributed by atoms with E-state index in [2.05, 4.69) is 43.6 Å². The first-order chi connectivity index (χ1) is 14.7. The summed E-state index contributed by atoms with van der Waals surface area (Å²) in [6.07, 6.45) is 4.46. The molecule has 8 nitrogen and oxygen atoms in total. The van der Waals surface area contributed by atoms with Crippen LogP contribution in [0.4, 0.5) is 5.82 Å². The molecule has 1 aliphatic rings. The summed E-state index contributed by atoms with van der Waals surface area (Å²) in [4.78, 5) is 19.3. The highest BCUT2D eigenvalue weighted by molar-refractivity contribution is 5.76. The van der Waals surface area contributed by atoms with E-state index in [1.165, 1.54) is 5.56 Å². The van der Waals surface area contributed by atoms with Crippen molar-refractivity contribution in [1.29, 1.82) is 5.26 Å². The van der Waals surface area contributed by atoms with Crippen LogP contribution in [-0.2, 0) is 11.3 Å². The van der Waals surface area contributed by atoms with Crippen LogP contribution in [0.15, 0.2) is 61.2 Å². The Bertz CT molecular complexity index is 1010. The average molecular weight is 401 g/mol. The van der Waals surface area contributed by atoms with E-state index >= 15 is 0 Å². The number of piperidine rings is 1. The van der Waals surface area contributed by atoms with Crippen molar-refractivity contribution in [3.05, 3.63) is 72.4 Å². The molecule has 1 aliphatic heterocycles. The fraction of sp³-hybridized carbons (Fsp3) is 0.318. The van der Waals surface area contributed by atoms with Crippen molar-refractivity contribution in [3.63, 3.8) is 0 Å². The van der Waals surface area contributed by atoms with Crippen molar-refractivity contribution < 1.29 is 4.79 Å². The fourth-order valence-electron chi connectivity index (χ4n) is 3.91. The molecule has 1 amide bonds. The number of rotatable bonds is 6. The minimum Gasteiger partial charge on any atom is -0.354 e. The van der Waals surface area contributed by atoms with Gasteiger partial charge in [0, 0.05) is 32.0 Å². The van der Waals surface area contributed by atoms with Crippen LogP contribution in [0.3, 0.4) is 0 Å². The molecule has 3 aromatic rings. The van der Waals surface area contributed by atoms with E-state index in [-0.39, 0.29) is 17.9 Å². The Balaban J connectivity index is 1.49. The molecule has 1 saturated heterocycles. The Morgan fingerprint density at radius 2 is 1.93 bits per heavy atom. The van der Waals surface area contributed by atoms with Crippen LogP contribution in [-0.4, -0.2) is 44.8 Å². The molecular formula is C22H23N7O. The van der Waals surface area contributed by atoms with Crippen LogP contribution < -0.4 is 10.2 Å². The Labute approximate surface area is 175 Å². The second kappa shape index (κ2) is 9.18. The molecule has 1 aromatic carbocycles. The summed E-state index contributed by atoms with van der Waals surface area (Å²) in [5.41, 5.74) is 1.62. The largest absolute Gasteiger partial charge is 0.354 e. The van der Waals surface area contributed by atoms with Crippen molar-refractivity contribution in [2.24, 2.45) is 0 Å². The zero-order valence-electron chi connectivity index (χ0n) is 16.6. The lowest BCUT2D eigenvalue weighted by molar-refractivity contribution is -0.122. The van der Waals surface area contributed by atoms with Gasteiger partial charge in [-0.25, -0.2) is 4.98 Å². The number of anilines is 1. The molecule has 0 unspecified atom stereocenters. The van der Waals surface area contributed by atoms with E-state index < -0.39 is 0 Å². The molecule has 0 radical (unpaired) electrons. The average Bonchev–Trinajstić information content (AvgIpc) is 3.32. The Morgan fingerprint density at radius 1 is 1.13 bits per heavy atom. The minimum absolute atomic E-state index is 0.00443. The zero-order valence-corrected chi connectivity index (χ0v) is 16.6. The van der Waals surface area contributed by atoms with Crippen LogP contribution >= 0.6 is 0 Å². The number of benzene rings is 1. The number of carbonyl (C=O) groups is 1. The lowest BCUT2D eigenvalue weighted by atomic mass is 9.85. The van der Waals surface area contributed by atoms with Crippen molar-refractivity contribution in [3.8, 4) is 6.07 Å². The van der Waals surface area contributed by atoms with Gasteiger partial charge in [-0.1, -0.05) is 36.4 Å². The molecule has 2 aromatic heterocycles. The zero-order chi connectivity index (χ0) is 20.8. The summed E-state index contributed by atoms with van der Waals surface area (Å²) >= 11 is 0. The molecule has 1 fully saturated rings. The minimum atomic E-state index is -0.0536. The number of nitrogens with one attached hydrogen (secondary N) is 1. The number of nitriles is 1. The van der Waals surface area contributed by atoms with Gasteiger partial charge in [0.15, 0.2) is 0 Å². The first kappa shape index (κ1) is 19.6. The van der Waals surface area contributed by atoms with Gasteiger partial charge in [0.2, 0.25) is 5.91 Å². The first-order valence-corrected chi connectivity index (χ1v) is 10.0. The van der Waals surface area contributed by atoms with Gasteiger partial charge in [-0.2, -0.15) is 5.26 Å². The molecule has 0 aliphatic carbocycles. The van der Waals surface area contributed by atoms with Crippen molar-refractivity contribution in [1.82, 2.24) is 25.1 Å². The summed E-state index contributed by atoms with van der Waals surface area (Å²) in [7, 11) is 0. The number of nitrogens with zero attached hydrogens (tertiary/aromatic N) is 6. The quantitative estimate of drug-likeness (QED) is 0.679. The topological polar surface area (TPSA) is 99.7 Å². The third kappa shape index (κ3) is 4.63. The molecular weight excluding hydrogens is 378 g/mol. The molecule has 2 atom stereocenters. The Morgan fingerprint density at radius 3 is 2.70 bits per heavy atom. The monoisotopic (exact) mass is 401 g/mol. The molecule has 4 rings (SSSR count). The number of aryl methyl sites for hydroxylation is 1. The fourth-order valence-corrected chi connectivity index (χ4v) is 3.91. The van der Waals surface area contributed by atoms with Crippen LogP contribution in [0.1, 0.15) is 30.0 Å².